The molecule has 0 radical (unpaired) electrons. The van der Waals surface area contributed by atoms with Gasteiger partial charge in [0.25, 0.3) is 5.91 Å². The zero-order chi connectivity index (χ0) is 24.1. The van der Waals surface area contributed by atoms with Gasteiger partial charge in [0, 0.05) is 15.6 Å². The Kier molecular flexibility index (Phi) is 7.10. The first-order valence-electron chi connectivity index (χ1n) is 10.0. The van der Waals surface area contributed by atoms with Gasteiger partial charge in [-0.15, -0.1) is 11.3 Å². The molecule has 4 rings (SSSR count). The molecule has 1 N–H and O–H groups in total. The maximum absolute atomic E-state index is 12.7. The van der Waals surface area contributed by atoms with Crippen LogP contribution in [0.2, 0.25) is 5.02 Å². The second-order valence-electron chi connectivity index (χ2n) is 6.97. The number of fused-ring (bicyclic) bond motifs is 1. The van der Waals surface area contributed by atoms with Crippen molar-refractivity contribution in [1.29, 1.82) is 0 Å². The Morgan fingerprint density at radius 1 is 0.971 bits per heavy atom. The molecular weight excluding hydrogens is 476 g/mol. The van der Waals surface area contributed by atoms with E-state index in [2.05, 4.69) is 10.5 Å². The normalized spacial score (nSPS) is 10.9. The molecule has 0 atom stereocenters. The third-order valence-corrected chi connectivity index (χ3v) is 6.50. The Labute approximate surface area is 204 Å². The summed E-state index contributed by atoms with van der Waals surface area (Å²) in [6.07, 6.45) is 1.46. The number of rotatable bonds is 7. The Bertz CT molecular complexity index is 1380. The number of esters is 1. The molecule has 0 aliphatic rings. The average molecular weight is 495 g/mol. The van der Waals surface area contributed by atoms with Crippen LogP contribution in [0.15, 0.2) is 71.8 Å². The lowest BCUT2D eigenvalue weighted by Crippen LogP contribution is -2.17. The summed E-state index contributed by atoms with van der Waals surface area (Å²) < 4.78 is 16.9. The van der Waals surface area contributed by atoms with Crippen molar-refractivity contribution in [3.63, 3.8) is 0 Å². The summed E-state index contributed by atoms with van der Waals surface area (Å²) in [6, 6.07) is 19.1. The average Bonchev–Trinajstić information content (AvgIpc) is 3.21. The molecule has 1 heterocycles. The number of hydrogen-bond acceptors (Lipinski definition) is 7. The number of hydrogen-bond donors (Lipinski definition) is 1. The Morgan fingerprint density at radius 3 is 2.44 bits per heavy atom. The Balaban J connectivity index is 1.45. The standard InChI is InChI=1S/C25H19ClN2O5S/c1-31-17-10-8-16(9-11-17)24(29)28-27-14-15-7-12-19(20(13-15)32-2)33-25(30)23-22(26)18-5-3-4-6-21(18)34-23/h3-14H,1-2H3,(H,28,29). The third-order valence-electron chi connectivity index (χ3n) is 4.84. The Morgan fingerprint density at radius 2 is 1.74 bits per heavy atom. The summed E-state index contributed by atoms with van der Waals surface area (Å²) in [5.41, 5.74) is 3.53. The largest absolute Gasteiger partial charge is 0.497 e. The van der Waals surface area contributed by atoms with Crippen molar-refractivity contribution in [1.82, 2.24) is 5.43 Å². The summed E-state index contributed by atoms with van der Waals surface area (Å²) in [5.74, 6) is 0.285. The number of methoxy groups -OCH3 is 2. The number of halogens is 1. The van der Waals surface area contributed by atoms with E-state index in [1.54, 1.807) is 49.6 Å². The van der Waals surface area contributed by atoms with Crippen LogP contribution in [0, 0.1) is 0 Å². The van der Waals surface area contributed by atoms with Crippen LogP contribution in [0.25, 0.3) is 10.1 Å². The summed E-state index contributed by atoms with van der Waals surface area (Å²) in [7, 11) is 3.02. The number of nitrogens with zero attached hydrogens (tertiary/aromatic N) is 1. The first-order valence-corrected chi connectivity index (χ1v) is 11.2. The summed E-state index contributed by atoms with van der Waals surface area (Å²) >= 11 is 7.65. The van der Waals surface area contributed by atoms with Gasteiger partial charge < -0.3 is 14.2 Å². The van der Waals surface area contributed by atoms with Crippen LogP contribution in [-0.2, 0) is 0 Å². The lowest BCUT2D eigenvalue weighted by atomic mass is 10.2. The number of ether oxygens (including phenoxy) is 3. The fraction of sp³-hybridized carbons (Fsp3) is 0.0800. The van der Waals surface area contributed by atoms with Gasteiger partial charge >= 0.3 is 5.97 Å². The van der Waals surface area contributed by atoms with Gasteiger partial charge in [-0.3, -0.25) is 4.79 Å². The number of carbonyl (C=O) groups excluding carboxylic acids is 2. The molecule has 0 saturated carbocycles. The van der Waals surface area contributed by atoms with Crippen LogP contribution in [0.5, 0.6) is 17.2 Å². The predicted octanol–water partition coefficient (Wildman–Crippen LogP) is 5.56. The monoisotopic (exact) mass is 494 g/mol. The molecule has 9 heteroatoms. The quantitative estimate of drug-likeness (QED) is 0.157. The van der Waals surface area contributed by atoms with Crippen LogP contribution in [0.1, 0.15) is 25.6 Å². The number of carbonyl (C=O) groups is 2. The highest BCUT2D eigenvalue weighted by molar-refractivity contribution is 7.21. The smallest absolute Gasteiger partial charge is 0.355 e. The van der Waals surface area contributed by atoms with Gasteiger partial charge in [-0.1, -0.05) is 29.8 Å². The lowest BCUT2D eigenvalue weighted by molar-refractivity contribution is 0.0734. The summed E-state index contributed by atoms with van der Waals surface area (Å²) in [6.45, 7) is 0. The minimum Gasteiger partial charge on any atom is -0.497 e. The molecule has 7 nitrogen and oxygen atoms in total. The van der Waals surface area contributed by atoms with Crippen LogP contribution in [0.3, 0.4) is 0 Å². The molecule has 0 saturated heterocycles. The molecule has 3 aromatic carbocycles. The van der Waals surface area contributed by atoms with Gasteiger partial charge in [0.15, 0.2) is 11.5 Å². The van der Waals surface area contributed by atoms with Gasteiger partial charge in [0.05, 0.1) is 25.5 Å². The van der Waals surface area contributed by atoms with Crippen LogP contribution < -0.4 is 19.6 Å². The fourth-order valence-electron chi connectivity index (χ4n) is 3.11. The molecule has 0 fully saturated rings. The lowest BCUT2D eigenvalue weighted by Gasteiger charge is -2.09. The van der Waals surface area contributed by atoms with E-state index in [9.17, 15) is 9.59 Å². The highest BCUT2D eigenvalue weighted by atomic mass is 35.5. The van der Waals surface area contributed by atoms with E-state index in [1.807, 2.05) is 24.3 Å². The van der Waals surface area contributed by atoms with Gasteiger partial charge in [0.2, 0.25) is 0 Å². The van der Waals surface area contributed by atoms with E-state index < -0.39 is 5.97 Å². The zero-order valence-electron chi connectivity index (χ0n) is 18.2. The van der Waals surface area contributed by atoms with E-state index in [4.69, 9.17) is 25.8 Å². The number of amides is 1. The molecule has 1 amide bonds. The van der Waals surface area contributed by atoms with Crippen LogP contribution >= 0.6 is 22.9 Å². The van der Waals surface area contributed by atoms with Crippen molar-refractivity contribution in [2.24, 2.45) is 5.10 Å². The second-order valence-corrected chi connectivity index (χ2v) is 8.40. The number of thiophene rings is 1. The van der Waals surface area contributed by atoms with E-state index in [-0.39, 0.29) is 11.7 Å². The van der Waals surface area contributed by atoms with Crippen LogP contribution in [0.4, 0.5) is 0 Å². The van der Waals surface area contributed by atoms with Crippen LogP contribution in [-0.4, -0.2) is 32.3 Å². The fourth-order valence-corrected chi connectivity index (χ4v) is 4.50. The summed E-state index contributed by atoms with van der Waals surface area (Å²) in [4.78, 5) is 25.3. The zero-order valence-corrected chi connectivity index (χ0v) is 19.8. The van der Waals surface area contributed by atoms with E-state index in [0.29, 0.717) is 32.5 Å². The first kappa shape index (κ1) is 23.3. The van der Waals surface area contributed by atoms with Gasteiger partial charge in [0.1, 0.15) is 10.6 Å². The molecule has 0 aliphatic carbocycles. The van der Waals surface area contributed by atoms with Gasteiger partial charge in [-0.05, 0) is 54.1 Å². The summed E-state index contributed by atoms with van der Waals surface area (Å²) in [5, 5.41) is 5.14. The molecule has 172 valence electrons. The van der Waals surface area contributed by atoms with Crippen molar-refractivity contribution in [3.8, 4) is 17.2 Å². The molecular formula is C25H19ClN2O5S. The molecule has 0 aliphatic heterocycles. The van der Waals surface area contributed by atoms with Gasteiger partial charge in [-0.2, -0.15) is 5.10 Å². The maximum atomic E-state index is 12.7. The maximum Gasteiger partial charge on any atom is 0.355 e. The number of benzene rings is 3. The van der Waals surface area contributed by atoms with Gasteiger partial charge in [-0.25, -0.2) is 10.2 Å². The topological polar surface area (TPSA) is 86.2 Å². The van der Waals surface area contributed by atoms with E-state index in [1.165, 1.54) is 24.7 Å². The van der Waals surface area contributed by atoms with Crippen molar-refractivity contribution in [2.45, 2.75) is 0 Å². The van der Waals surface area contributed by atoms with E-state index in [0.717, 1.165) is 10.1 Å². The molecule has 4 aromatic rings. The molecule has 0 spiro atoms. The third kappa shape index (κ3) is 5.03. The Hall–Kier alpha value is -3.88. The molecule has 0 bridgehead atoms. The predicted molar refractivity (Wildman–Crippen MR) is 133 cm³/mol. The number of hydrazone groups is 1. The SMILES string of the molecule is COc1ccc(C(=O)NN=Cc2ccc(OC(=O)c3sc4ccccc4c3Cl)c(OC)c2)cc1. The molecule has 34 heavy (non-hydrogen) atoms. The minimum atomic E-state index is -0.572. The number of nitrogens with one attached hydrogen (secondary N) is 1. The second kappa shape index (κ2) is 10.4. The van der Waals surface area contributed by atoms with Crippen molar-refractivity contribution in [3.05, 3.63) is 87.8 Å². The first-order chi connectivity index (χ1) is 16.5. The highest BCUT2D eigenvalue weighted by Crippen LogP contribution is 2.37. The molecule has 1 aromatic heterocycles. The highest BCUT2D eigenvalue weighted by Gasteiger charge is 2.20. The van der Waals surface area contributed by atoms with Crippen molar-refractivity contribution >= 4 is 51.1 Å². The molecule has 0 unspecified atom stereocenters. The van der Waals surface area contributed by atoms with Crippen molar-refractivity contribution < 1.29 is 23.8 Å². The van der Waals surface area contributed by atoms with E-state index >= 15 is 0 Å². The minimum absolute atomic E-state index is 0.237. The van der Waals surface area contributed by atoms with Crippen molar-refractivity contribution in [2.75, 3.05) is 14.2 Å².